The smallest absolute Gasteiger partial charge is 0.250 e. The van der Waals surface area contributed by atoms with Crippen molar-refractivity contribution in [2.75, 3.05) is 10.6 Å². The Morgan fingerprint density at radius 3 is 2.19 bits per heavy atom. The number of nitrogens with one attached hydrogen (secondary N) is 3. The minimum atomic E-state index is -0.401. The Morgan fingerprint density at radius 1 is 0.833 bits per heavy atom. The SMILES string of the molecule is O=C(C=Cc1ccc(-c2ccc(Cl)cc2)o1)NC(=S)Nc1ccc(NC(=O)Cc2ccccc2)cc1. The summed E-state index contributed by atoms with van der Waals surface area (Å²) in [5, 5.41) is 9.17. The third-order valence-corrected chi connectivity index (χ3v) is 5.48. The van der Waals surface area contributed by atoms with E-state index in [1.54, 1.807) is 48.5 Å². The van der Waals surface area contributed by atoms with Crippen molar-refractivity contribution in [2.45, 2.75) is 6.42 Å². The van der Waals surface area contributed by atoms with Gasteiger partial charge in [0.1, 0.15) is 11.5 Å². The van der Waals surface area contributed by atoms with Crippen LogP contribution in [0.15, 0.2) is 101 Å². The summed E-state index contributed by atoms with van der Waals surface area (Å²) in [5.41, 5.74) is 3.16. The Bertz CT molecular complexity index is 1380. The van der Waals surface area contributed by atoms with Crippen LogP contribution in [0.3, 0.4) is 0 Å². The number of carbonyl (C=O) groups is 2. The molecule has 36 heavy (non-hydrogen) atoms. The normalized spacial score (nSPS) is 10.7. The van der Waals surface area contributed by atoms with Crippen molar-refractivity contribution >= 4 is 58.2 Å². The molecule has 0 aliphatic carbocycles. The van der Waals surface area contributed by atoms with Gasteiger partial charge in [0.05, 0.1) is 6.42 Å². The van der Waals surface area contributed by atoms with E-state index in [1.807, 2.05) is 48.5 Å². The minimum absolute atomic E-state index is 0.103. The number of anilines is 2. The van der Waals surface area contributed by atoms with E-state index in [4.69, 9.17) is 28.2 Å². The Hall–Kier alpha value is -4.20. The summed E-state index contributed by atoms with van der Waals surface area (Å²) in [6.07, 6.45) is 3.19. The summed E-state index contributed by atoms with van der Waals surface area (Å²) in [7, 11) is 0. The van der Waals surface area contributed by atoms with Crippen LogP contribution in [-0.4, -0.2) is 16.9 Å². The molecule has 6 nitrogen and oxygen atoms in total. The molecule has 0 spiro atoms. The summed E-state index contributed by atoms with van der Waals surface area (Å²) >= 11 is 11.1. The summed E-state index contributed by atoms with van der Waals surface area (Å²) in [4.78, 5) is 24.4. The fourth-order valence-corrected chi connectivity index (χ4v) is 3.65. The molecule has 0 aliphatic heterocycles. The number of furan rings is 1. The Labute approximate surface area is 219 Å². The van der Waals surface area contributed by atoms with Gasteiger partial charge < -0.3 is 15.1 Å². The maximum atomic E-state index is 12.2. The van der Waals surface area contributed by atoms with Crippen LogP contribution in [0.2, 0.25) is 5.02 Å². The fraction of sp³-hybridized carbons (Fsp3) is 0.0357. The summed E-state index contributed by atoms with van der Waals surface area (Å²) in [6, 6.07) is 27.4. The average Bonchev–Trinajstić information content (AvgIpc) is 3.34. The monoisotopic (exact) mass is 515 g/mol. The van der Waals surface area contributed by atoms with Crippen molar-refractivity contribution in [1.29, 1.82) is 0 Å². The van der Waals surface area contributed by atoms with Gasteiger partial charge in [-0.05, 0) is 84.5 Å². The van der Waals surface area contributed by atoms with Crippen molar-refractivity contribution in [2.24, 2.45) is 0 Å². The van der Waals surface area contributed by atoms with Gasteiger partial charge >= 0.3 is 0 Å². The topological polar surface area (TPSA) is 83.4 Å². The number of benzene rings is 3. The van der Waals surface area contributed by atoms with Crippen molar-refractivity contribution < 1.29 is 14.0 Å². The maximum absolute atomic E-state index is 12.2. The quantitative estimate of drug-likeness (QED) is 0.198. The van der Waals surface area contributed by atoms with E-state index in [-0.39, 0.29) is 11.0 Å². The lowest BCUT2D eigenvalue weighted by Gasteiger charge is -2.10. The zero-order valence-corrected chi connectivity index (χ0v) is 20.6. The van der Waals surface area contributed by atoms with Crippen molar-refractivity contribution in [3.05, 3.63) is 113 Å². The number of carbonyl (C=O) groups excluding carboxylic acids is 2. The second-order valence-corrected chi connectivity index (χ2v) is 8.62. The summed E-state index contributed by atoms with van der Waals surface area (Å²) in [6.45, 7) is 0. The summed E-state index contributed by atoms with van der Waals surface area (Å²) in [5.74, 6) is 0.692. The minimum Gasteiger partial charge on any atom is -0.457 e. The second-order valence-electron chi connectivity index (χ2n) is 7.77. The molecular weight excluding hydrogens is 494 g/mol. The molecule has 1 heterocycles. The number of thiocarbonyl (C=S) groups is 1. The van der Waals surface area contributed by atoms with Crippen molar-refractivity contribution in [1.82, 2.24) is 5.32 Å². The van der Waals surface area contributed by atoms with Crippen LogP contribution in [-0.2, 0) is 16.0 Å². The van der Waals surface area contributed by atoms with E-state index >= 15 is 0 Å². The highest BCUT2D eigenvalue weighted by Crippen LogP contribution is 2.24. The number of hydrogen-bond donors (Lipinski definition) is 3. The van der Waals surface area contributed by atoms with Crippen molar-refractivity contribution in [3.63, 3.8) is 0 Å². The van der Waals surface area contributed by atoms with E-state index in [0.29, 0.717) is 34.3 Å². The highest BCUT2D eigenvalue weighted by atomic mass is 35.5. The van der Waals surface area contributed by atoms with E-state index < -0.39 is 5.91 Å². The Morgan fingerprint density at radius 2 is 1.50 bits per heavy atom. The molecule has 2 amide bonds. The highest BCUT2D eigenvalue weighted by Gasteiger charge is 2.07. The van der Waals surface area contributed by atoms with Crippen LogP contribution in [0.5, 0.6) is 0 Å². The molecule has 8 heteroatoms. The van der Waals surface area contributed by atoms with E-state index in [0.717, 1.165) is 11.1 Å². The molecule has 4 aromatic rings. The molecule has 4 rings (SSSR count). The molecule has 0 fully saturated rings. The molecule has 0 unspecified atom stereocenters. The third-order valence-electron chi connectivity index (χ3n) is 5.03. The molecule has 3 N–H and O–H groups in total. The number of amides is 2. The van der Waals surface area contributed by atoms with Crippen LogP contribution in [0.4, 0.5) is 11.4 Å². The molecule has 180 valence electrons. The first-order chi connectivity index (χ1) is 17.4. The molecule has 3 aromatic carbocycles. The van der Waals surface area contributed by atoms with Crippen LogP contribution in [0, 0.1) is 0 Å². The molecule has 0 bridgehead atoms. The van der Waals surface area contributed by atoms with Crippen LogP contribution >= 0.6 is 23.8 Å². The molecular formula is C28H22ClN3O3S. The molecule has 0 saturated carbocycles. The largest absolute Gasteiger partial charge is 0.457 e. The van der Waals surface area contributed by atoms with Gasteiger partial charge in [-0.25, -0.2) is 0 Å². The molecule has 0 atom stereocenters. The average molecular weight is 516 g/mol. The predicted octanol–water partition coefficient (Wildman–Crippen LogP) is 6.31. The molecule has 0 aliphatic rings. The second kappa shape index (κ2) is 12.0. The lowest BCUT2D eigenvalue weighted by Crippen LogP contribution is -2.32. The van der Waals surface area contributed by atoms with Gasteiger partial charge in [0.15, 0.2) is 5.11 Å². The van der Waals surface area contributed by atoms with E-state index in [2.05, 4.69) is 16.0 Å². The van der Waals surface area contributed by atoms with E-state index in [9.17, 15) is 9.59 Å². The van der Waals surface area contributed by atoms with Gasteiger partial charge in [-0.15, -0.1) is 0 Å². The highest BCUT2D eigenvalue weighted by molar-refractivity contribution is 7.80. The van der Waals surface area contributed by atoms with Gasteiger partial charge in [-0.2, -0.15) is 0 Å². The van der Waals surface area contributed by atoms with Gasteiger partial charge in [0.25, 0.3) is 0 Å². The van der Waals surface area contributed by atoms with Gasteiger partial charge in [-0.1, -0.05) is 41.9 Å². The lowest BCUT2D eigenvalue weighted by atomic mass is 10.1. The first kappa shape index (κ1) is 24.9. The van der Waals surface area contributed by atoms with Gasteiger partial charge in [-0.3, -0.25) is 14.9 Å². The van der Waals surface area contributed by atoms with Crippen LogP contribution < -0.4 is 16.0 Å². The lowest BCUT2D eigenvalue weighted by molar-refractivity contribution is -0.116. The molecule has 0 radical (unpaired) electrons. The predicted molar refractivity (Wildman–Crippen MR) is 148 cm³/mol. The van der Waals surface area contributed by atoms with Crippen LogP contribution in [0.1, 0.15) is 11.3 Å². The van der Waals surface area contributed by atoms with Gasteiger partial charge in [0, 0.05) is 28.0 Å². The zero-order valence-electron chi connectivity index (χ0n) is 19.0. The maximum Gasteiger partial charge on any atom is 0.250 e. The standard InChI is InChI=1S/C28H22ClN3O3S/c29-21-8-6-20(7-9-21)25-16-14-24(35-25)15-17-26(33)32-28(36)31-23-12-10-22(11-13-23)30-27(34)18-19-4-2-1-3-5-19/h1-17H,18H2,(H,30,34)(H2,31,32,33,36). The fourth-order valence-electron chi connectivity index (χ4n) is 3.31. The first-order valence-corrected chi connectivity index (χ1v) is 11.8. The number of rotatable bonds is 7. The van der Waals surface area contributed by atoms with Crippen molar-refractivity contribution in [3.8, 4) is 11.3 Å². The summed E-state index contributed by atoms with van der Waals surface area (Å²) < 4.78 is 5.74. The Balaban J connectivity index is 1.24. The zero-order chi connectivity index (χ0) is 25.3. The van der Waals surface area contributed by atoms with E-state index in [1.165, 1.54) is 6.08 Å². The van der Waals surface area contributed by atoms with Gasteiger partial charge in [0.2, 0.25) is 11.8 Å². The number of halogens is 1. The molecule has 0 saturated heterocycles. The third kappa shape index (κ3) is 7.40. The van der Waals surface area contributed by atoms with Crippen LogP contribution in [0.25, 0.3) is 17.4 Å². The Kier molecular flexibility index (Phi) is 8.28. The number of hydrogen-bond acceptors (Lipinski definition) is 4. The molecule has 1 aromatic heterocycles. The first-order valence-electron chi connectivity index (χ1n) is 11.0.